The Hall–Kier alpha value is -1.02. The molecule has 0 radical (unpaired) electrons. The van der Waals surface area contributed by atoms with Gasteiger partial charge in [-0.3, -0.25) is 0 Å². The van der Waals surface area contributed by atoms with Gasteiger partial charge in [-0.05, 0) is 36.5 Å². The van der Waals surface area contributed by atoms with E-state index in [-0.39, 0.29) is 0 Å². The van der Waals surface area contributed by atoms with Crippen molar-refractivity contribution >= 4 is 0 Å². The maximum absolute atomic E-state index is 5.78. The van der Waals surface area contributed by atoms with Crippen LogP contribution in [0.5, 0.6) is 5.75 Å². The maximum Gasteiger partial charge on any atom is 0.119 e. The lowest BCUT2D eigenvalue weighted by Gasteiger charge is -2.32. The van der Waals surface area contributed by atoms with Crippen LogP contribution in [0, 0.1) is 0 Å². The molecule has 2 rings (SSSR count). The minimum Gasteiger partial charge on any atom is -0.490 e. The highest BCUT2D eigenvalue weighted by molar-refractivity contribution is 5.29. The van der Waals surface area contributed by atoms with E-state index in [0.717, 1.165) is 18.6 Å². The Morgan fingerprint density at radius 2 is 1.80 bits per heavy atom. The van der Waals surface area contributed by atoms with Crippen molar-refractivity contribution in [3.8, 4) is 5.75 Å². The second-order valence-electron chi connectivity index (χ2n) is 4.70. The largest absolute Gasteiger partial charge is 0.490 e. The molecule has 0 spiro atoms. The molecule has 0 atom stereocenters. The van der Waals surface area contributed by atoms with Gasteiger partial charge in [-0.1, -0.05) is 26.0 Å². The normalized spacial score (nSPS) is 25.1. The molecule has 0 bridgehead atoms. The van der Waals surface area contributed by atoms with Crippen LogP contribution >= 0.6 is 0 Å². The van der Waals surface area contributed by atoms with Crippen LogP contribution in [0.25, 0.3) is 0 Å². The maximum atomic E-state index is 5.78. The van der Waals surface area contributed by atoms with Gasteiger partial charge >= 0.3 is 0 Å². The predicted octanol–water partition coefficient (Wildman–Crippen LogP) is 2.68. The summed E-state index contributed by atoms with van der Waals surface area (Å²) in [5.41, 5.74) is 7.06. The van der Waals surface area contributed by atoms with Gasteiger partial charge in [0.15, 0.2) is 0 Å². The van der Waals surface area contributed by atoms with Gasteiger partial charge in [-0.2, -0.15) is 0 Å². The topological polar surface area (TPSA) is 35.2 Å². The molecule has 0 unspecified atom stereocenters. The lowest BCUT2D eigenvalue weighted by Crippen LogP contribution is -2.43. The van der Waals surface area contributed by atoms with E-state index in [1.54, 1.807) is 0 Å². The van der Waals surface area contributed by atoms with E-state index in [2.05, 4.69) is 38.1 Å². The van der Waals surface area contributed by atoms with Crippen LogP contribution in [0.1, 0.15) is 38.2 Å². The molecule has 0 heterocycles. The standard InChI is InChI=1S/C13H19NO/c1-9(2)10-3-5-12(6-4-10)15-13-7-11(14)8-13/h3-6,9,11,13H,7-8,14H2,1-2H3. The number of hydrogen-bond acceptors (Lipinski definition) is 2. The minimum atomic E-state index is 0.338. The smallest absolute Gasteiger partial charge is 0.119 e. The molecule has 1 aliphatic carbocycles. The molecule has 2 nitrogen and oxygen atoms in total. The quantitative estimate of drug-likeness (QED) is 0.823. The number of rotatable bonds is 3. The van der Waals surface area contributed by atoms with Crippen molar-refractivity contribution < 1.29 is 4.74 Å². The molecule has 0 saturated heterocycles. The van der Waals surface area contributed by atoms with Crippen molar-refractivity contribution in [1.29, 1.82) is 0 Å². The van der Waals surface area contributed by atoms with E-state index in [4.69, 9.17) is 10.5 Å². The highest BCUT2D eigenvalue weighted by Gasteiger charge is 2.27. The minimum absolute atomic E-state index is 0.338. The second kappa shape index (κ2) is 4.23. The summed E-state index contributed by atoms with van der Waals surface area (Å²) in [6, 6.07) is 8.74. The molecular weight excluding hydrogens is 186 g/mol. The van der Waals surface area contributed by atoms with E-state index < -0.39 is 0 Å². The second-order valence-corrected chi connectivity index (χ2v) is 4.70. The monoisotopic (exact) mass is 205 g/mol. The first-order valence-electron chi connectivity index (χ1n) is 5.67. The van der Waals surface area contributed by atoms with Crippen molar-refractivity contribution in [2.24, 2.45) is 5.73 Å². The van der Waals surface area contributed by atoms with Gasteiger partial charge in [0.1, 0.15) is 11.9 Å². The molecule has 0 amide bonds. The number of nitrogens with two attached hydrogens (primary N) is 1. The van der Waals surface area contributed by atoms with Gasteiger partial charge < -0.3 is 10.5 Å². The Kier molecular flexibility index (Phi) is 2.96. The fourth-order valence-electron chi connectivity index (χ4n) is 1.83. The average Bonchev–Trinajstić information content (AvgIpc) is 2.16. The summed E-state index contributed by atoms with van der Waals surface area (Å²) in [7, 11) is 0. The van der Waals surface area contributed by atoms with E-state index >= 15 is 0 Å². The van der Waals surface area contributed by atoms with Gasteiger partial charge in [-0.25, -0.2) is 0 Å². The Bertz CT molecular complexity index is 312. The number of ether oxygens (including phenoxy) is 1. The highest BCUT2D eigenvalue weighted by Crippen LogP contribution is 2.25. The molecule has 2 N–H and O–H groups in total. The van der Waals surface area contributed by atoms with Crippen molar-refractivity contribution in [2.75, 3.05) is 0 Å². The Morgan fingerprint density at radius 3 is 2.27 bits per heavy atom. The highest BCUT2D eigenvalue weighted by atomic mass is 16.5. The molecule has 1 aliphatic rings. The summed E-state index contributed by atoms with van der Waals surface area (Å²) in [4.78, 5) is 0. The molecule has 1 aromatic rings. The van der Waals surface area contributed by atoms with Gasteiger partial charge in [-0.15, -0.1) is 0 Å². The fourth-order valence-corrected chi connectivity index (χ4v) is 1.83. The average molecular weight is 205 g/mol. The zero-order valence-corrected chi connectivity index (χ0v) is 9.44. The number of hydrogen-bond donors (Lipinski definition) is 1. The van der Waals surface area contributed by atoms with Crippen LogP contribution < -0.4 is 10.5 Å². The third-order valence-corrected chi connectivity index (χ3v) is 2.98. The molecule has 15 heavy (non-hydrogen) atoms. The molecule has 2 heteroatoms. The third-order valence-electron chi connectivity index (χ3n) is 2.98. The van der Waals surface area contributed by atoms with Crippen LogP contribution in [0.15, 0.2) is 24.3 Å². The first-order valence-corrected chi connectivity index (χ1v) is 5.67. The first-order chi connectivity index (χ1) is 7.15. The van der Waals surface area contributed by atoms with E-state index in [1.165, 1.54) is 5.56 Å². The van der Waals surface area contributed by atoms with Gasteiger partial charge in [0.05, 0.1) is 0 Å². The molecule has 1 aromatic carbocycles. The van der Waals surface area contributed by atoms with E-state index in [9.17, 15) is 0 Å². The van der Waals surface area contributed by atoms with Crippen molar-refractivity contribution in [3.63, 3.8) is 0 Å². The Morgan fingerprint density at radius 1 is 1.20 bits per heavy atom. The summed E-state index contributed by atoms with van der Waals surface area (Å²) >= 11 is 0. The molecule has 0 aliphatic heterocycles. The zero-order chi connectivity index (χ0) is 10.8. The number of benzene rings is 1. The van der Waals surface area contributed by atoms with E-state index in [0.29, 0.717) is 18.1 Å². The van der Waals surface area contributed by atoms with E-state index in [1.807, 2.05) is 0 Å². The summed E-state index contributed by atoms with van der Waals surface area (Å²) in [6.07, 6.45) is 2.32. The predicted molar refractivity (Wildman–Crippen MR) is 62.2 cm³/mol. The lowest BCUT2D eigenvalue weighted by molar-refractivity contribution is 0.101. The van der Waals surface area contributed by atoms with Crippen LogP contribution in [0.3, 0.4) is 0 Å². The first kappa shape index (κ1) is 10.5. The van der Waals surface area contributed by atoms with Crippen LogP contribution in [0.4, 0.5) is 0 Å². The van der Waals surface area contributed by atoms with Crippen LogP contribution in [-0.4, -0.2) is 12.1 Å². The van der Waals surface area contributed by atoms with Crippen LogP contribution in [-0.2, 0) is 0 Å². The lowest BCUT2D eigenvalue weighted by atomic mass is 9.90. The van der Waals surface area contributed by atoms with Crippen molar-refractivity contribution in [3.05, 3.63) is 29.8 Å². The summed E-state index contributed by atoms with van der Waals surface area (Å²) in [5.74, 6) is 1.55. The molecule has 1 fully saturated rings. The molecular formula is C13H19NO. The Balaban J connectivity index is 1.92. The van der Waals surface area contributed by atoms with Gasteiger partial charge in [0.25, 0.3) is 0 Å². The van der Waals surface area contributed by atoms with Gasteiger partial charge in [0.2, 0.25) is 0 Å². The Labute approximate surface area is 91.4 Å². The molecule has 0 aromatic heterocycles. The summed E-state index contributed by atoms with van der Waals surface area (Å²) in [5, 5.41) is 0. The summed E-state index contributed by atoms with van der Waals surface area (Å²) in [6.45, 7) is 4.39. The SMILES string of the molecule is CC(C)c1ccc(OC2CC(N)C2)cc1. The molecule has 1 saturated carbocycles. The van der Waals surface area contributed by atoms with Crippen molar-refractivity contribution in [2.45, 2.75) is 44.8 Å². The fraction of sp³-hybridized carbons (Fsp3) is 0.538. The van der Waals surface area contributed by atoms with Gasteiger partial charge in [0, 0.05) is 6.04 Å². The summed E-state index contributed by atoms with van der Waals surface area (Å²) < 4.78 is 5.78. The van der Waals surface area contributed by atoms with Crippen LogP contribution in [0.2, 0.25) is 0 Å². The molecule has 82 valence electrons. The zero-order valence-electron chi connectivity index (χ0n) is 9.44. The third kappa shape index (κ3) is 2.51. The van der Waals surface area contributed by atoms with Crippen molar-refractivity contribution in [1.82, 2.24) is 0 Å².